The van der Waals surface area contributed by atoms with E-state index < -0.39 is 0 Å². The van der Waals surface area contributed by atoms with E-state index in [1.165, 1.54) is 0 Å². The third-order valence-corrected chi connectivity index (χ3v) is 1.83. The summed E-state index contributed by atoms with van der Waals surface area (Å²) in [6.07, 6.45) is 5.46. The smallest absolute Gasteiger partial charge is 0.142 e. The van der Waals surface area contributed by atoms with Crippen LogP contribution < -0.4 is 5.32 Å². The van der Waals surface area contributed by atoms with Crippen LogP contribution in [0.15, 0.2) is 18.6 Å². The van der Waals surface area contributed by atoms with Crippen molar-refractivity contribution in [2.45, 2.75) is 6.92 Å². The molecule has 0 bridgehead atoms. The number of rotatable bonds is 3. The maximum atomic E-state index is 4.15. The van der Waals surface area contributed by atoms with Crippen LogP contribution in [0.25, 0.3) is 11.0 Å². The van der Waals surface area contributed by atoms with Gasteiger partial charge in [0.2, 0.25) is 0 Å². The third kappa shape index (κ3) is 1.47. The molecule has 13 heavy (non-hydrogen) atoms. The highest BCUT2D eigenvalue weighted by Crippen LogP contribution is 2.16. The number of aromatic nitrogens is 3. The Morgan fingerprint density at radius 2 is 2.46 bits per heavy atom. The highest BCUT2D eigenvalue weighted by Gasteiger charge is 2.01. The van der Waals surface area contributed by atoms with Gasteiger partial charge in [0, 0.05) is 12.7 Å². The zero-order chi connectivity index (χ0) is 9.10. The first kappa shape index (κ1) is 8.04. The molecule has 2 N–H and O–H groups in total. The van der Waals surface area contributed by atoms with Gasteiger partial charge < -0.3 is 10.3 Å². The van der Waals surface area contributed by atoms with E-state index in [2.05, 4.69) is 20.3 Å². The van der Waals surface area contributed by atoms with Crippen LogP contribution in [0.4, 0.5) is 5.82 Å². The Labute approximate surface area is 76.4 Å². The maximum Gasteiger partial charge on any atom is 0.142 e. The lowest BCUT2D eigenvalue weighted by Gasteiger charge is -2.03. The molecule has 0 aliphatic carbocycles. The van der Waals surface area contributed by atoms with Crippen molar-refractivity contribution in [1.82, 2.24) is 15.0 Å². The second-order valence-corrected chi connectivity index (χ2v) is 2.75. The molecule has 0 saturated carbocycles. The molecule has 0 aliphatic rings. The zero-order valence-electron chi connectivity index (χ0n) is 7.41. The average molecular weight is 175 g/mol. The monoisotopic (exact) mass is 175 g/mol. The molecule has 2 rings (SSSR count). The Hall–Kier alpha value is -1.58. The van der Waals surface area contributed by atoms with E-state index >= 15 is 0 Å². The molecular formula is C9H11N4. The van der Waals surface area contributed by atoms with E-state index in [4.69, 9.17) is 0 Å². The summed E-state index contributed by atoms with van der Waals surface area (Å²) in [6, 6.07) is 1.97. The average Bonchev–Trinajstić information content (AvgIpc) is 2.62. The number of nitrogens with zero attached hydrogens (tertiary/aromatic N) is 2. The number of H-pyrrole nitrogens is 1. The van der Waals surface area contributed by atoms with Crippen molar-refractivity contribution in [2.24, 2.45) is 0 Å². The van der Waals surface area contributed by atoms with Crippen molar-refractivity contribution >= 4 is 16.9 Å². The molecule has 0 atom stereocenters. The van der Waals surface area contributed by atoms with Crippen molar-refractivity contribution in [1.29, 1.82) is 0 Å². The molecule has 0 aromatic carbocycles. The Morgan fingerprint density at radius 1 is 1.54 bits per heavy atom. The minimum Gasteiger partial charge on any atom is -0.369 e. The lowest BCUT2D eigenvalue weighted by molar-refractivity contribution is 1.14. The van der Waals surface area contributed by atoms with Crippen molar-refractivity contribution in [3.05, 3.63) is 25.0 Å². The predicted octanol–water partition coefficient (Wildman–Crippen LogP) is 1.59. The number of hydrogen-bond donors (Lipinski definition) is 2. The fraction of sp³-hybridized carbons (Fsp3) is 0.222. The normalized spacial score (nSPS) is 10.5. The molecule has 4 heteroatoms. The van der Waals surface area contributed by atoms with Crippen molar-refractivity contribution < 1.29 is 0 Å². The maximum absolute atomic E-state index is 4.15. The van der Waals surface area contributed by atoms with Crippen LogP contribution in [0, 0.1) is 6.42 Å². The molecule has 2 heterocycles. The highest BCUT2D eigenvalue weighted by atomic mass is 15.0. The standard InChI is InChI=1S/C9H11N4/c1-2-4-10-8-7-3-5-11-9(7)13-6-12-8/h2-3,5-6H,4H2,1H3,(H2,10,11,12,13). The Kier molecular flexibility index (Phi) is 2.12. The van der Waals surface area contributed by atoms with Gasteiger partial charge in [-0.1, -0.05) is 6.92 Å². The minimum absolute atomic E-state index is 0.817. The quantitative estimate of drug-likeness (QED) is 0.744. The van der Waals surface area contributed by atoms with Crippen LogP contribution in [0.1, 0.15) is 6.92 Å². The van der Waals surface area contributed by atoms with Crippen LogP contribution in [-0.4, -0.2) is 21.5 Å². The lowest BCUT2D eigenvalue weighted by atomic mass is 10.3. The van der Waals surface area contributed by atoms with Gasteiger partial charge in [0.05, 0.1) is 5.39 Å². The summed E-state index contributed by atoms with van der Waals surface area (Å²) >= 11 is 0. The van der Waals surface area contributed by atoms with E-state index in [9.17, 15) is 0 Å². The molecule has 4 nitrogen and oxygen atoms in total. The van der Waals surface area contributed by atoms with Crippen molar-refractivity contribution in [2.75, 3.05) is 11.9 Å². The first-order chi connectivity index (χ1) is 6.42. The van der Waals surface area contributed by atoms with E-state index in [0.29, 0.717) is 0 Å². The van der Waals surface area contributed by atoms with Crippen molar-refractivity contribution in [3.63, 3.8) is 0 Å². The van der Waals surface area contributed by atoms with E-state index in [1.54, 1.807) is 6.33 Å². The van der Waals surface area contributed by atoms with Gasteiger partial charge in [-0.05, 0) is 12.5 Å². The van der Waals surface area contributed by atoms with Crippen LogP contribution in [0.5, 0.6) is 0 Å². The van der Waals surface area contributed by atoms with Crippen LogP contribution in [0.3, 0.4) is 0 Å². The predicted molar refractivity (Wildman–Crippen MR) is 52.4 cm³/mol. The molecular weight excluding hydrogens is 164 g/mol. The Bertz CT molecular complexity index is 393. The van der Waals surface area contributed by atoms with Gasteiger partial charge in [0.1, 0.15) is 17.8 Å². The molecule has 2 aromatic rings. The van der Waals surface area contributed by atoms with Gasteiger partial charge in [0.15, 0.2) is 0 Å². The van der Waals surface area contributed by atoms with Crippen LogP contribution >= 0.6 is 0 Å². The lowest BCUT2D eigenvalue weighted by Crippen LogP contribution is -2.02. The van der Waals surface area contributed by atoms with Crippen LogP contribution in [0.2, 0.25) is 0 Å². The molecule has 1 radical (unpaired) electrons. The first-order valence-electron chi connectivity index (χ1n) is 4.21. The minimum atomic E-state index is 0.817. The van der Waals surface area contributed by atoms with E-state index in [1.807, 2.05) is 25.6 Å². The number of anilines is 1. The van der Waals surface area contributed by atoms with Gasteiger partial charge in [0.25, 0.3) is 0 Å². The van der Waals surface area contributed by atoms with Gasteiger partial charge in [-0.3, -0.25) is 0 Å². The fourth-order valence-electron chi connectivity index (χ4n) is 1.21. The highest BCUT2D eigenvalue weighted by molar-refractivity contribution is 5.86. The summed E-state index contributed by atoms with van der Waals surface area (Å²) < 4.78 is 0. The van der Waals surface area contributed by atoms with Gasteiger partial charge in [-0.15, -0.1) is 0 Å². The first-order valence-corrected chi connectivity index (χ1v) is 4.21. The Morgan fingerprint density at radius 3 is 3.31 bits per heavy atom. The summed E-state index contributed by atoms with van der Waals surface area (Å²) in [4.78, 5) is 11.3. The molecule has 0 saturated heterocycles. The largest absolute Gasteiger partial charge is 0.369 e. The second-order valence-electron chi connectivity index (χ2n) is 2.75. The number of fused-ring (bicyclic) bond motifs is 1. The zero-order valence-corrected chi connectivity index (χ0v) is 7.41. The molecule has 0 unspecified atom stereocenters. The molecule has 0 fully saturated rings. The summed E-state index contributed by atoms with van der Waals surface area (Å²) in [5.41, 5.74) is 0.869. The molecule has 0 amide bonds. The molecule has 0 spiro atoms. The summed E-state index contributed by atoms with van der Waals surface area (Å²) in [5.74, 6) is 0.879. The third-order valence-electron chi connectivity index (χ3n) is 1.83. The van der Waals surface area contributed by atoms with E-state index in [0.717, 1.165) is 23.4 Å². The number of nitrogens with one attached hydrogen (secondary N) is 2. The fourth-order valence-corrected chi connectivity index (χ4v) is 1.21. The van der Waals surface area contributed by atoms with Gasteiger partial charge >= 0.3 is 0 Å². The summed E-state index contributed by atoms with van der Waals surface area (Å²) in [6.45, 7) is 2.82. The second kappa shape index (κ2) is 3.43. The molecule has 2 aromatic heterocycles. The van der Waals surface area contributed by atoms with Gasteiger partial charge in [-0.25, -0.2) is 9.97 Å². The SMILES string of the molecule is C[CH]CNc1ncnc2[nH]ccc12. The van der Waals surface area contributed by atoms with Crippen LogP contribution in [-0.2, 0) is 0 Å². The molecule has 0 aliphatic heterocycles. The number of aromatic amines is 1. The summed E-state index contributed by atoms with van der Waals surface area (Å²) in [7, 11) is 0. The van der Waals surface area contributed by atoms with Crippen molar-refractivity contribution in [3.8, 4) is 0 Å². The van der Waals surface area contributed by atoms with Gasteiger partial charge in [-0.2, -0.15) is 0 Å². The topological polar surface area (TPSA) is 53.6 Å². The Balaban J connectivity index is 2.37. The molecule has 67 valence electrons. The number of hydrogen-bond acceptors (Lipinski definition) is 3. The summed E-state index contributed by atoms with van der Waals surface area (Å²) in [5, 5.41) is 4.23. The van der Waals surface area contributed by atoms with E-state index in [-0.39, 0.29) is 0 Å².